The lowest BCUT2D eigenvalue weighted by atomic mass is 10.3. The first kappa shape index (κ1) is 11.8. The van der Waals surface area contributed by atoms with E-state index in [2.05, 4.69) is 10.2 Å². The van der Waals surface area contributed by atoms with Gasteiger partial charge in [-0.15, -0.1) is 5.10 Å². The Balaban J connectivity index is 2.37. The van der Waals surface area contributed by atoms with Gasteiger partial charge in [-0.25, -0.2) is 0 Å². The SMILES string of the molecule is COc1ccc(OC/C=N/N=C(N)N)cc1. The fraction of sp³-hybridized carbons (Fsp3) is 0.200. The van der Waals surface area contributed by atoms with Gasteiger partial charge in [0, 0.05) is 0 Å². The van der Waals surface area contributed by atoms with E-state index in [-0.39, 0.29) is 5.96 Å². The number of methoxy groups -OCH3 is 1. The molecule has 0 aliphatic heterocycles. The fourth-order valence-electron chi connectivity index (χ4n) is 0.946. The third-order valence-electron chi connectivity index (χ3n) is 1.64. The number of ether oxygens (including phenoxy) is 2. The molecule has 0 bridgehead atoms. The highest BCUT2D eigenvalue weighted by atomic mass is 16.5. The molecule has 1 aromatic rings. The summed E-state index contributed by atoms with van der Waals surface area (Å²) >= 11 is 0. The molecule has 0 radical (unpaired) electrons. The third kappa shape index (κ3) is 4.32. The van der Waals surface area contributed by atoms with Gasteiger partial charge in [0.2, 0.25) is 5.96 Å². The molecular formula is C10H14N4O2. The number of benzene rings is 1. The highest BCUT2D eigenvalue weighted by Crippen LogP contribution is 2.16. The van der Waals surface area contributed by atoms with E-state index in [1.807, 2.05) is 12.1 Å². The highest BCUT2D eigenvalue weighted by Gasteiger charge is 1.93. The second-order valence-corrected chi connectivity index (χ2v) is 2.81. The van der Waals surface area contributed by atoms with Crippen molar-refractivity contribution in [2.75, 3.05) is 13.7 Å². The Morgan fingerprint density at radius 3 is 2.44 bits per heavy atom. The molecular weight excluding hydrogens is 208 g/mol. The molecule has 86 valence electrons. The van der Waals surface area contributed by atoms with Crippen molar-refractivity contribution in [3.8, 4) is 11.5 Å². The molecule has 0 aromatic heterocycles. The Hall–Kier alpha value is -2.24. The average Bonchev–Trinajstić information content (AvgIpc) is 2.29. The van der Waals surface area contributed by atoms with Crippen LogP contribution in [0.2, 0.25) is 0 Å². The number of rotatable bonds is 5. The van der Waals surface area contributed by atoms with Crippen LogP contribution in [0.4, 0.5) is 0 Å². The summed E-state index contributed by atoms with van der Waals surface area (Å²) in [6.45, 7) is 0.295. The fourth-order valence-corrected chi connectivity index (χ4v) is 0.946. The summed E-state index contributed by atoms with van der Waals surface area (Å²) in [5.41, 5.74) is 10.2. The Morgan fingerprint density at radius 1 is 1.25 bits per heavy atom. The predicted molar refractivity (Wildman–Crippen MR) is 62.8 cm³/mol. The minimum atomic E-state index is -0.0827. The van der Waals surface area contributed by atoms with E-state index in [0.717, 1.165) is 11.5 Å². The van der Waals surface area contributed by atoms with Crippen LogP contribution in [-0.2, 0) is 0 Å². The molecule has 0 heterocycles. The molecule has 6 nitrogen and oxygen atoms in total. The van der Waals surface area contributed by atoms with E-state index in [0.29, 0.717) is 6.61 Å². The summed E-state index contributed by atoms with van der Waals surface area (Å²) in [7, 11) is 1.61. The van der Waals surface area contributed by atoms with Gasteiger partial charge in [0.25, 0.3) is 0 Å². The Morgan fingerprint density at radius 2 is 1.88 bits per heavy atom. The monoisotopic (exact) mass is 222 g/mol. The van der Waals surface area contributed by atoms with E-state index >= 15 is 0 Å². The van der Waals surface area contributed by atoms with Crippen molar-refractivity contribution in [1.29, 1.82) is 0 Å². The molecule has 0 aliphatic carbocycles. The lowest BCUT2D eigenvalue weighted by Gasteiger charge is -2.03. The molecule has 16 heavy (non-hydrogen) atoms. The maximum atomic E-state index is 5.33. The molecule has 1 rings (SSSR count). The minimum absolute atomic E-state index is 0.0827. The molecule has 0 unspecified atom stereocenters. The number of guanidine groups is 1. The minimum Gasteiger partial charge on any atom is -0.497 e. The third-order valence-corrected chi connectivity index (χ3v) is 1.64. The Bertz CT molecular complexity index is 369. The number of nitrogens with two attached hydrogens (primary N) is 2. The van der Waals surface area contributed by atoms with Crippen molar-refractivity contribution in [3.05, 3.63) is 24.3 Å². The molecule has 0 saturated heterocycles. The number of hydrogen-bond acceptors (Lipinski definition) is 4. The zero-order valence-corrected chi connectivity index (χ0v) is 8.96. The molecule has 0 atom stereocenters. The van der Waals surface area contributed by atoms with Crippen molar-refractivity contribution in [2.24, 2.45) is 21.7 Å². The molecule has 0 amide bonds. The standard InChI is InChI=1S/C10H14N4O2/c1-15-8-2-4-9(5-3-8)16-7-6-13-14-10(11)12/h2-6H,7H2,1H3,(H4,11,12,14)/b13-6+. The van der Waals surface area contributed by atoms with Crippen LogP contribution in [0.15, 0.2) is 34.5 Å². The van der Waals surface area contributed by atoms with Gasteiger partial charge >= 0.3 is 0 Å². The van der Waals surface area contributed by atoms with Crippen LogP contribution >= 0.6 is 0 Å². The Kier molecular flexibility index (Phi) is 4.65. The van der Waals surface area contributed by atoms with Gasteiger partial charge in [-0.3, -0.25) is 0 Å². The number of hydrogen-bond donors (Lipinski definition) is 2. The normalized spacial score (nSPS) is 10.1. The van der Waals surface area contributed by atoms with Crippen LogP contribution in [0, 0.1) is 0 Å². The van der Waals surface area contributed by atoms with E-state index in [1.165, 1.54) is 6.21 Å². The van der Waals surface area contributed by atoms with Crippen LogP contribution in [0.1, 0.15) is 0 Å². The summed E-state index contributed by atoms with van der Waals surface area (Å²) in [6, 6.07) is 7.21. The summed E-state index contributed by atoms with van der Waals surface area (Å²) in [5, 5.41) is 7.01. The summed E-state index contributed by atoms with van der Waals surface area (Å²) in [6.07, 6.45) is 1.46. The largest absolute Gasteiger partial charge is 0.497 e. The first-order valence-electron chi connectivity index (χ1n) is 4.59. The second kappa shape index (κ2) is 6.28. The van der Waals surface area contributed by atoms with Crippen molar-refractivity contribution >= 4 is 12.2 Å². The van der Waals surface area contributed by atoms with Crippen molar-refractivity contribution in [1.82, 2.24) is 0 Å². The molecule has 0 fully saturated rings. The van der Waals surface area contributed by atoms with Gasteiger partial charge < -0.3 is 20.9 Å². The first-order valence-corrected chi connectivity index (χ1v) is 4.59. The van der Waals surface area contributed by atoms with E-state index in [1.54, 1.807) is 19.2 Å². The first-order chi connectivity index (χ1) is 7.72. The van der Waals surface area contributed by atoms with E-state index in [4.69, 9.17) is 20.9 Å². The second-order valence-electron chi connectivity index (χ2n) is 2.81. The maximum Gasteiger partial charge on any atom is 0.211 e. The van der Waals surface area contributed by atoms with E-state index in [9.17, 15) is 0 Å². The van der Waals surface area contributed by atoms with E-state index < -0.39 is 0 Å². The van der Waals surface area contributed by atoms with Gasteiger partial charge in [0.15, 0.2) is 0 Å². The zero-order valence-electron chi connectivity index (χ0n) is 8.96. The van der Waals surface area contributed by atoms with Gasteiger partial charge in [0.1, 0.15) is 18.1 Å². The van der Waals surface area contributed by atoms with Crippen LogP contribution in [0.25, 0.3) is 0 Å². The predicted octanol–water partition coefficient (Wildman–Crippen LogP) is 0.333. The van der Waals surface area contributed by atoms with Crippen LogP contribution in [0.3, 0.4) is 0 Å². The molecule has 0 spiro atoms. The van der Waals surface area contributed by atoms with Crippen LogP contribution in [-0.4, -0.2) is 25.9 Å². The summed E-state index contributed by atoms with van der Waals surface area (Å²) < 4.78 is 10.3. The molecule has 0 aliphatic rings. The quantitative estimate of drug-likeness (QED) is 0.426. The van der Waals surface area contributed by atoms with Crippen LogP contribution < -0.4 is 20.9 Å². The van der Waals surface area contributed by atoms with Gasteiger partial charge in [-0.2, -0.15) is 5.10 Å². The van der Waals surface area contributed by atoms with Crippen molar-refractivity contribution in [2.45, 2.75) is 0 Å². The lowest BCUT2D eigenvalue weighted by molar-refractivity contribution is 0.377. The van der Waals surface area contributed by atoms with Gasteiger partial charge in [0.05, 0.1) is 13.3 Å². The zero-order chi connectivity index (χ0) is 11.8. The summed E-state index contributed by atoms with van der Waals surface area (Å²) in [4.78, 5) is 0. The molecule has 4 N–H and O–H groups in total. The summed E-state index contributed by atoms with van der Waals surface area (Å²) in [5.74, 6) is 1.42. The smallest absolute Gasteiger partial charge is 0.211 e. The molecule has 6 heteroatoms. The lowest BCUT2D eigenvalue weighted by Crippen LogP contribution is -2.21. The Labute approximate surface area is 93.6 Å². The maximum absolute atomic E-state index is 5.33. The van der Waals surface area contributed by atoms with Crippen molar-refractivity contribution < 1.29 is 9.47 Å². The average molecular weight is 222 g/mol. The van der Waals surface area contributed by atoms with Gasteiger partial charge in [-0.1, -0.05) is 0 Å². The molecule has 0 saturated carbocycles. The highest BCUT2D eigenvalue weighted by molar-refractivity contribution is 5.76. The topological polar surface area (TPSA) is 95.2 Å². The van der Waals surface area contributed by atoms with Crippen molar-refractivity contribution in [3.63, 3.8) is 0 Å². The number of nitrogens with zero attached hydrogens (tertiary/aromatic N) is 2. The van der Waals surface area contributed by atoms with Crippen LogP contribution in [0.5, 0.6) is 11.5 Å². The molecule has 1 aromatic carbocycles. The van der Waals surface area contributed by atoms with Gasteiger partial charge in [-0.05, 0) is 24.3 Å².